The molecule has 2 atom stereocenters. The fraction of sp³-hybridized carbons (Fsp3) is 0.417. The van der Waals surface area contributed by atoms with Crippen molar-refractivity contribution in [1.29, 1.82) is 10.8 Å². The molecule has 2 rings (SSSR count). The molecule has 0 aliphatic heterocycles. The van der Waals surface area contributed by atoms with E-state index in [1.165, 1.54) is 12.1 Å². The van der Waals surface area contributed by atoms with Crippen molar-refractivity contribution in [2.24, 2.45) is 5.92 Å². The zero-order valence-electron chi connectivity index (χ0n) is 18.7. The maximum atomic E-state index is 13.3. The van der Waals surface area contributed by atoms with E-state index in [0.717, 1.165) is 24.3 Å². The monoisotopic (exact) mass is 488 g/mol. The molecule has 0 amide bonds. The molecule has 0 radical (unpaired) electrons. The van der Waals surface area contributed by atoms with Gasteiger partial charge in [-0.25, -0.2) is 0 Å². The molecule has 4 nitrogen and oxygen atoms in total. The molecule has 2 aromatic carbocycles. The summed E-state index contributed by atoms with van der Waals surface area (Å²) in [7, 11) is 0. The van der Waals surface area contributed by atoms with Gasteiger partial charge in [-0.3, -0.25) is 0 Å². The number of ether oxygens (including phenoxy) is 2. The van der Waals surface area contributed by atoms with Gasteiger partial charge in [-0.1, -0.05) is 20.3 Å². The minimum Gasteiger partial charge on any atom is -0.493 e. The van der Waals surface area contributed by atoms with E-state index in [0.29, 0.717) is 31.7 Å². The number of halogens is 6. The molecule has 10 heteroatoms. The first-order valence-electron chi connectivity index (χ1n) is 10.7. The van der Waals surface area contributed by atoms with Gasteiger partial charge in [-0.15, -0.1) is 0 Å². The predicted octanol–water partition coefficient (Wildman–Crippen LogP) is 7.37. The molecule has 2 N–H and O–H groups in total. The van der Waals surface area contributed by atoms with Crippen LogP contribution >= 0.6 is 0 Å². The molecule has 0 saturated heterocycles. The Kier molecular flexibility index (Phi) is 9.12. The summed E-state index contributed by atoms with van der Waals surface area (Å²) in [6.07, 6.45) is -6.93. The zero-order valence-corrected chi connectivity index (χ0v) is 18.7. The average Bonchev–Trinajstić information content (AvgIpc) is 2.78. The number of hydrogen-bond donors (Lipinski definition) is 2. The number of alkyl halides is 6. The Labute approximate surface area is 193 Å². The van der Waals surface area contributed by atoms with Crippen molar-refractivity contribution in [1.82, 2.24) is 0 Å². The van der Waals surface area contributed by atoms with Gasteiger partial charge in [-0.2, -0.15) is 26.3 Å². The fourth-order valence-electron chi connectivity index (χ4n) is 3.52. The Morgan fingerprint density at radius 1 is 0.824 bits per heavy atom. The minimum absolute atomic E-state index is 0.00684. The van der Waals surface area contributed by atoms with Gasteiger partial charge < -0.3 is 20.3 Å². The lowest BCUT2D eigenvalue weighted by Crippen LogP contribution is -2.31. The van der Waals surface area contributed by atoms with Gasteiger partial charge in [0, 0.05) is 29.5 Å². The van der Waals surface area contributed by atoms with Gasteiger partial charge in [0.2, 0.25) is 0 Å². The largest absolute Gasteiger partial charge is 0.493 e. The second-order valence-electron chi connectivity index (χ2n) is 7.71. The maximum Gasteiger partial charge on any atom is 0.417 e. The Hall–Kier alpha value is -3.04. The van der Waals surface area contributed by atoms with E-state index in [4.69, 9.17) is 20.3 Å². The van der Waals surface area contributed by atoms with Crippen LogP contribution in [-0.4, -0.2) is 25.1 Å². The van der Waals surface area contributed by atoms with Crippen LogP contribution < -0.4 is 9.47 Å². The molecule has 0 spiro atoms. The molecule has 2 unspecified atom stereocenters. The van der Waals surface area contributed by atoms with Gasteiger partial charge in [0.1, 0.15) is 17.6 Å². The van der Waals surface area contributed by atoms with Crippen LogP contribution in [-0.2, 0) is 12.4 Å². The second kappa shape index (κ2) is 11.4. The standard InChI is InChI=1S/C24H26F6N2O2/c1-3-5-22(34-19-9-7-17(13-32)21(11-19)24(28,29)30)15(4-2)14-33-18-8-6-16(12-31)20(10-18)23(25,26)27/h6-13,15,22,31-32H,3-5,14H2,1-2H3. The van der Waals surface area contributed by atoms with Crippen molar-refractivity contribution in [3.05, 3.63) is 58.7 Å². The van der Waals surface area contributed by atoms with E-state index in [-0.39, 0.29) is 35.2 Å². The van der Waals surface area contributed by atoms with E-state index in [9.17, 15) is 26.3 Å². The first kappa shape index (κ1) is 27.2. The normalized spacial score (nSPS) is 13.8. The van der Waals surface area contributed by atoms with Crippen LogP contribution in [0.4, 0.5) is 26.3 Å². The van der Waals surface area contributed by atoms with E-state index in [1.807, 2.05) is 13.8 Å². The molecule has 186 valence electrons. The van der Waals surface area contributed by atoms with Crippen LogP contribution in [0.3, 0.4) is 0 Å². The summed E-state index contributed by atoms with van der Waals surface area (Å²) in [6.45, 7) is 3.71. The van der Waals surface area contributed by atoms with Crippen molar-refractivity contribution in [3.63, 3.8) is 0 Å². The predicted molar refractivity (Wildman–Crippen MR) is 117 cm³/mol. The average molecular weight is 488 g/mol. The van der Waals surface area contributed by atoms with Gasteiger partial charge in [0.05, 0.1) is 17.7 Å². The first-order valence-corrected chi connectivity index (χ1v) is 10.7. The van der Waals surface area contributed by atoms with Crippen molar-refractivity contribution in [2.75, 3.05) is 6.61 Å². The van der Waals surface area contributed by atoms with Crippen LogP contribution in [0, 0.1) is 16.7 Å². The van der Waals surface area contributed by atoms with Crippen LogP contribution in [0.15, 0.2) is 36.4 Å². The fourth-order valence-corrected chi connectivity index (χ4v) is 3.52. The van der Waals surface area contributed by atoms with E-state index >= 15 is 0 Å². The van der Waals surface area contributed by atoms with Crippen LogP contribution in [0.2, 0.25) is 0 Å². The third-order valence-electron chi connectivity index (χ3n) is 5.35. The summed E-state index contributed by atoms with van der Waals surface area (Å²) in [6, 6.07) is 6.68. The summed E-state index contributed by atoms with van der Waals surface area (Å²) in [5.41, 5.74) is -2.53. The second-order valence-corrected chi connectivity index (χ2v) is 7.71. The number of rotatable bonds is 11. The Morgan fingerprint density at radius 2 is 1.32 bits per heavy atom. The van der Waals surface area contributed by atoms with Gasteiger partial charge in [-0.05, 0) is 49.2 Å². The van der Waals surface area contributed by atoms with Crippen molar-refractivity contribution >= 4 is 12.4 Å². The molecule has 0 aliphatic carbocycles. The highest BCUT2D eigenvalue weighted by molar-refractivity contribution is 5.80. The smallest absolute Gasteiger partial charge is 0.417 e. The highest BCUT2D eigenvalue weighted by atomic mass is 19.4. The highest BCUT2D eigenvalue weighted by Gasteiger charge is 2.35. The third-order valence-corrected chi connectivity index (χ3v) is 5.35. The lowest BCUT2D eigenvalue weighted by molar-refractivity contribution is -0.138. The van der Waals surface area contributed by atoms with Gasteiger partial charge in [0.25, 0.3) is 0 Å². The summed E-state index contributed by atoms with van der Waals surface area (Å²) in [5, 5.41) is 14.3. The molecule has 0 bridgehead atoms. The van der Waals surface area contributed by atoms with Crippen molar-refractivity contribution < 1.29 is 35.8 Å². The molecule has 0 fully saturated rings. The van der Waals surface area contributed by atoms with Crippen molar-refractivity contribution in [2.45, 2.75) is 51.6 Å². The molecular weight excluding hydrogens is 462 g/mol. The highest BCUT2D eigenvalue weighted by Crippen LogP contribution is 2.36. The molecule has 0 aromatic heterocycles. The summed E-state index contributed by atoms with van der Waals surface area (Å²) in [5.74, 6) is -0.348. The summed E-state index contributed by atoms with van der Waals surface area (Å²) >= 11 is 0. The van der Waals surface area contributed by atoms with E-state index in [1.54, 1.807) is 0 Å². The van der Waals surface area contributed by atoms with Crippen LogP contribution in [0.1, 0.15) is 55.4 Å². The molecule has 0 saturated carbocycles. The van der Waals surface area contributed by atoms with Gasteiger partial charge >= 0.3 is 12.4 Å². The van der Waals surface area contributed by atoms with Gasteiger partial charge in [0.15, 0.2) is 0 Å². The Balaban J connectivity index is 2.23. The van der Waals surface area contributed by atoms with Crippen molar-refractivity contribution in [3.8, 4) is 11.5 Å². The van der Waals surface area contributed by atoms with Crippen LogP contribution in [0.5, 0.6) is 11.5 Å². The number of benzene rings is 2. The number of nitrogens with one attached hydrogen (secondary N) is 2. The first-order chi connectivity index (χ1) is 15.9. The lowest BCUT2D eigenvalue weighted by Gasteiger charge is -2.28. The quantitative estimate of drug-likeness (QED) is 0.256. The number of hydrogen-bond acceptors (Lipinski definition) is 4. The Morgan fingerprint density at radius 3 is 1.76 bits per heavy atom. The minimum atomic E-state index is -4.65. The molecular formula is C24H26F6N2O2. The molecule has 0 heterocycles. The molecule has 0 aliphatic rings. The van der Waals surface area contributed by atoms with Crippen LogP contribution in [0.25, 0.3) is 0 Å². The van der Waals surface area contributed by atoms with E-state index < -0.39 is 29.6 Å². The third kappa shape index (κ3) is 6.98. The summed E-state index contributed by atoms with van der Waals surface area (Å²) in [4.78, 5) is 0. The topological polar surface area (TPSA) is 66.2 Å². The molecule has 2 aromatic rings. The SMILES string of the molecule is CCCC(Oc1ccc(C=N)c(C(F)(F)F)c1)C(CC)COc1ccc(C=N)c(C(F)(F)F)c1. The maximum absolute atomic E-state index is 13.3. The zero-order chi connectivity index (χ0) is 25.5. The van der Waals surface area contributed by atoms with E-state index in [2.05, 4.69) is 0 Å². The molecule has 34 heavy (non-hydrogen) atoms. The Bertz CT molecular complexity index is 988. The summed E-state index contributed by atoms with van der Waals surface area (Å²) < 4.78 is 91.2. The lowest BCUT2D eigenvalue weighted by atomic mass is 9.96.